The van der Waals surface area contributed by atoms with E-state index in [1.54, 1.807) is 25.4 Å². The number of ether oxygens (including phenoxy) is 2. The summed E-state index contributed by atoms with van der Waals surface area (Å²) >= 11 is 1.62. The molecule has 0 aliphatic carbocycles. The molecule has 3 heterocycles. The zero-order chi connectivity index (χ0) is 24.6. The fourth-order valence-corrected chi connectivity index (χ4v) is 5.54. The molecule has 0 spiro atoms. The largest absolute Gasteiger partial charge is 0.493 e. The van der Waals surface area contributed by atoms with E-state index in [1.165, 1.54) is 4.90 Å². The second-order valence-corrected chi connectivity index (χ2v) is 10.3. The SMILES string of the molecule is COc1ccc([C@@H]2CN(C(=O)C(O)CO)C[C@@]2(C)C(C)O)cc1OC1CN(c2nc(C)cs2)C1. The number of anilines is 1. The Morgan fingerprint density at radius 2 is 2.03 bits per heavy atom. The summed E-state index contributed by atoms with van der Waals surface area (Å²) in [7, 11) is 1.60. The van der Waals surface area contributed by atoms with Gasteiger partial charge in [-0.25, -0.2) is 4.98 Å². The second kappa shape index (κ2) is 9.69. The molecule has 0 bridgehead atoms. The van der Waals surface area contributed by atoms with Gasteiger partial charge in [-0.05, 0) is 31.5 Å². The van der Waals surface area contributed by atoms with Crippen LogP contribution in [0.15, 0.2) is 23.6 Å². The number of rotatable bonds is 8. The van der Waals surface area contributed by atoms with Crippen LogP contribution in [0.1, 0.15) is 31.0 Å². The number of hydrogen-bond acceptors (Lipinski definition) is 9. The van der Waals surface area contributed by atoms with Crippen LogP contribution in [0.4, 0.5) is 5.13 Å². The molecule has 2 aliphatic rings. The predicted octanol–water partition coefficient (Wildman–Crippen LogP) is 1.39. The first-order chi connectivity index (χ1) is 16.2. The standard InChI is InChI=1S/C24H33N3O6S/c1-14-12-34-23(25-14)26-8-17(9-26)33-21-7-16(5-6-20(21)32-4)18-10-27(22(31)19(30)11-28)13-24(18,3)15(2)29/h5-7,12,15,17-19,28-30H,8-11,13H2,1-4H3/t15?,18-,19?,24-/m0/s1. The number of methoxy groups -OCH3 is 1. The van der Waals surface area contributed by atoms with Gasteiger partial charge in [0.1, 0.15) is 6.10 Å². The molecule has 2 aromatic rings. The molecule has 2 unspecified atom stereocenters. The van der Waals surface area contributed by atoms with Crippen LogP contribution in [0, 0.1) is 12.3 Å². The van der Waals surface area contributed by atoms with Crippen LogP contribution in [0.5, 0.6) is 11.5 Å². The topological polar surface area (TPSA) is 116 Å². The van der Waals surface area contributed by atoms with E-state index in [0.717, 1.165) is 29.5 Å². The Balaban J connectivity index is 1.53. The number of hydrogen-bond donors (Lipinski definition) is 3. The summed E-state index contributed by atoms with van der Waals surface area (Å²) in [5.74, 6) is 0.515. The molecule has 1 aromatic heterocycles. The van der Waals surface area contributed by atoms with Crippen molar-refractivity contribution in [1.29, 1.82) is 0 Å². The predicted molar refractivity (Wildman–Crippen MR) is 129 cm³/mol. The lowest BCUT2D eigenvalue weighted by molar-refractivity contribution is -0.141. The van der Waals surface area contributed by atoms with E-state index in [-0.39, 0.29) is 18.6 Å². The van der Waals surface area contributed by atoms with Crippen molar-refractivity contribution in [2.75, 3.05) is 44.8 Å². The van der Waals surface area contributed by atoms with Gasteiger partial charge in [0.15, 0.2) is 22.7 Å². The molecule has 1 aromatic carbocycles. The van der Waals surface area contributed by atoms with Gasteiger partial charge in [0.25, 0.3) is 5.91 Å². The Bertz CT molecular complexity index is 1020. The Labute approximate surface area is 203 Å². The van der Waals surface area contributed by atoms with Crippen molar-refractivity contribution in [1.82, 2.24) is 9.88 Å². The maximum absolute atomic E-state index is 12.6. The number of aromatic nitrogens is 1. The van der Waals surface area contributed by atoms with Gasteiger partial charge < -0.3 is 34.6 Å². The summed E-state index contributed by atoms with van der Waals surface area (Å²) in [5, 5.41) is 32.7. The summed E-state index contributed by atoms with van der Waals surface area (Å²) in [6, 6.07) is 5.70. The molecule has 4 rings (SSSR count). The number of benzene rings is 1. The number of nitrogens with zero attached hydrogens (tertiary/aromatic N) is 3. The molecular weight excluding hydrogens is 458 g/mol. The zero-order valence-corrected chi connectivity index (χ0v) is 20.8. The Hall–Kier alpha value is -2.40. The van der Waals surface area contributed by atoms with Crippen molar-refractivity contribution in [3.8, 4) is 11.5 Å². The smallest absolute Gasteiger partial charge is 0.253 e. The summed E-state index contributed by atoms with van der Waals surface area (Å²) in [4.78, 5) is 20.8. The molecule has 0 saturated carbocycles. The van der Waals surface area contributed by atoms with Crippen LogP contribution in [0.2, 0.25) is 0 Å². The average molecular weight is 492 g/mol. The first-order valence-corrected chi connectivity index (χ1v) is 12.3. The molecule has 9 nitrogen and oxygen atoms in total. The Morgan fingerprint density at radius 1 is 1.29 bits per heavy atom. The Kier molecular flexibility index (Phi) is 7.04. The highest BCUT2D eigenvalue weighted by molar-refractivity contribution is 7.13. The van der Waals surface area contributed by atoms with Crippen molar-refractivity contribution in [2.45, 2.75) is 45.0 Å². The lowest BCUT2D eigenvalue weighted by Gasteiger charge is -2.39. The van der Waals surface area contributed by atoms with Gasteiger partial charge in [-0.2, -0.15) is 0 Å². The number of aliphatic hydroxyl groups is 3. The maximum Gasteiger partial charge on any atom is 0.253 e. The number of thiazole rings is 1. The highest BCUT2D eigenvalue weighted by Crippen LogP contribution is 2.47. The molecule has 34 heavy (non-hydrogen) atoms. The van der Waals surface area contributed by atoms with Gasteiger partial charge in [0, 0.05) is 29.8 Å². The van der Waals surface area contributed by atoms with Gasteiger partial charge in [0.2, 0.25) is 0 Å². The van der Waals surface area contributed by atoms with Crippen molar-refractivity contribution < 1.29 is 29.6 Å². The van der Waals surface area contributed by atoms with E-state index in [2.05, 4.69) is 9.88 Å². The third-order valence-electron chi connectivity index (χ3n) is 7.06. The molecule has 2 aliphatic heterocycles. The quantitative estimate of drug-likeness (QED) is 0.508. The lowest BCUT2D eigenvalue weighted by atomic mass is 9.72. The molecule has 3 N–H and O–H groups in total. The van der Waals surface area contributed by atoms with Crippen LogP contribution < -0.4 is 14.4 Å². The fraction of sp³-hybridized carbons (Fsp3) is 0.583. The molecular formula is C24H33N3O6S. The van der Waals surface area contributed by atoms with Crippen LogP contribution in [0.3, 0.4) is 0 Å². The minimum absolute atomic E-state index is 0.00198. The van der Waals surface area contributed by atoms with Gasteiger partial charge in [-0.3, -0.25) is 4.79 Å². The number of likely N-dealkylation sites (tertiary alicyclic amines) is 1. The molecule has 2 fully saturated rings. The third-order valence-corrected chi connectivity index (χ3v) is 8.08. The van der Waals surface area contributed by atoms with Crippen LogP contribution in [-0.4, -0.2) is 89.3 Å². The third kappa shape index (κ3) is 4.59. The van der Waals surface area contributed by atoms with Crippen molar-refractivity contribution >= 4 is 22.4 Å². The first kappa shape index (κ1) is 24.7. The minimum atomic E-state index is -1.46. The second-order valence-electron chi connectivity index (χ2n) is 9.48. The summed E-state index contributed by atoms with van der Waals surface area (Å²) in [6.45, 7) is 7.06. The molecule has 186 valence electrons. The Morgan fingerprint density at radius 3 is 2.62 bits per heavy atom. The monoisotopic (exact) mass is 491 g/mol. The maximum atomic E-state index is 12.6. The van der Waals surface area contributed by atoms with E-state index in [4.69, 9.17) is 9.47 Å². The molecule has 1 amide bonds. The normalized spacial score (nSPS) is 24.6. The van der Waals surface area contributed by atoms with Crippen molar-refractivity contribution in [3.63, 3.8) is 0 Å². The van der Waals surface area contributed by atoms with Crippen molar-refractivity contribution in [2.24, 2.45) is 5.41 Å². The van der Waals surface area contributed by atoms with E-state index < -0.39 is 30.1 Å². The summed E-state index contributed by atoms with van der Waals surface area (Å²) in [5.41, 5.74) is 1.29. The van der Waals surface area contributed by atoms with E-state index in [9.17, 15) is 20.1 Å². The molecule has 0 radical (unpaired) electrons. The summed E-state index contributed by atoms with van der Waals surface area (Å²) in [6.07, 6.45) is -2.16. The van der Waals surface area contributed by atoms with Gasteiger partial charge in [-0.1, -0.05) is 13.0 Å². The average Bonchev–Trinajstić information content (AvgIpc) is 3.38. The highest BCUT2D eigenvalue weighted by Gasteiger charge is 2.49. The highest BCUT2D eigenvalue weighted by atomic mass is 32.1. The number of amides is 1. The summed E-state index contributed by atoms with van der Waals surface area (Å²) < 4.78 is 11.8. The lowest BCUT2D eigenvalue weighted by Crippen LogP contribution is -2.54. The number of carbonyl (C=O) groups is 1. The zero-order valence-electron chi connectivity index (χ0n) is 20.0. The van der Waals surface area contributed by atoms with Gasteiger partial charge in [0.05, 0.1) is 38.6 Å². The molecule has 2 saturated heterocycles. The number of aryl methyl sites for hydroxylation is 1. The van der Waals surface area contributed by atoms with Crippen molar-refractivity contribution in [3.05, 3.63) is 34.8 Å². The number of aliphatic hydroxyl groups excluding tert-OH is 3. The van der Waals surface area contributed by atoms with Gasteiger partial charge in [-0.15, -0.1) is 11.3 Å². The number of carbonyl (C=O) groups excluding carboxylic acids is 1. The van der Waals surface area contributed by atoms with Crippen LogP contribution >= 0.6 is 11.3 Å². The van der Waals surface area contributed by atoms with Crippen LogP contribution in [0.25, 0.3) is 0 Å². The van der Waals surface area contributed by atoms with E-state index in [0.29, 0.717) is 18.0 Å². The fourth-order valence-electron chi connectivity index (χ4n) is 4.72. The van der Waals surface area contributed by atoms with Gasteiger partial charge >= 0.3 is 0 Å². The first-order valence-electron chi connectivity index (χ1n) is 11.4. The van der Waals surface area contributed by atoms with E-state index in [1.807, 2.05) is 37.4 Å². The van der Waals surface area contributed by atoms with E-state index >= 15 is 0 Å². The molecule has 10 heteroatoms. The minimum Gasteiger partial charge on any atom is -0.493 e. The van der Waals surface area contributed by atoms with Crippen LogP contribution in [-0.2, 0) is 4.79 Å². The molecule has 4 atom stereocenters.